The van der Waals surface area contributed by atoms with Crippen LogP contribution < -0.4 is 10.1 Å². The smallest absolute Gasteiger partial charge is 0.331 e. The van der Waals surface area contributed by atoms with E-state index in [1.165, 1.54) is 13.2 Å². The van der Waals surface area contributed by atoms with Crippen molar-refractivity contribution >= 4 is 29.8 Å². The van der Waals surface area contributed by atoms with Crippen LogP contribution >= 0.6 is 0 Å². The zero-order valence-corrected chi connectivity index (χ0v) is 32.1. The molecule has 0 amide bonds. The number of esters is 5. The number of carbonyl (C=O) groups excluding carboxylic acids is 5. The molecule has 284 valence electrons. The second-order valence-electron chi connectivity index (χ2n) is 17.0. The van der Waals surface area contributed by atoms with E-state index in [-0.39, 0.29) is 0 Å². The quantitative estimate of drug-likeness (QED) is 0.255. The van der Waals surface area contributed by atoms with Crippen molar-refractivity contribution in [2.45, 2.75) is 126 Å². The Morgan fingerprint density at radius 3 is 1.61 bits per heavy atom. The molecule has 2 heterocycles. The molecule has 0 aliphatic carbocycles. The molecule has 0 radical (unpaired) electrons. The van der Waals surface area contributed by atoms with E-state index in [0.29, 0.717) is 11.3 Å². The van der Waals surface area contributed by atoms with E-state index >= 15 is 0 Å². The van der Waals surface area contributed by atoms with Crippen molar-refractivity contribution in [2.75, 3.05) is 13.7 Å². The molecule has 1 saturated heterocycles. The second-order valence-corrected chi connectivity index (χ2v) is 17.0. The highest BCUT2D eigenvalue weighted by molar-refractivity contribution is 5.84. The van der Waals surface area contributed by atoms with Crippen molar-refractivity contribution in [3.63, 3.8) is 0 Å². The lowest BCUT2D eigenvalue weighted by Gasteiger charge is -2.47. The molecule has 0 bridgehead atoms. The fourth-order valence-electron chi connectivity index (χ4n) is 4.80. The molecular formula is C38H55NO12. The van der Waals surface area contributed by atoms with Gasteiger partial charge in [-0.3, -0.25) is 24.5 Å². The molecule has 13 heteroatoms. The molecular weight excluding hydrogens is 662 g/mol. The number of nitrogens with one attached hydrogen (secondary N) is 1. The van der Waals surface area contributed by atoms with Gasteiger partial charge in [0.05, 0.1) is 34.8 Å². The predicted octanol–water partition coefficient (Wildman–Crippen LogP) is 5.00. The van der Waals surface area contributed by atoms with Gasteiger partial charge in [0.15, 0.2) is 24.5 Å². The summed E-state index contributed by atoms with van der Waals surface area (Å²) in [6.07, 6.45) is -4.73. The van der Waals surface area contributed by atoms with Crippen molar-refractivity contribution in [3.8, 4) is 5.75 Å². The molecule has 2 aliphatic rings. The molecule has 13 nitrogen and oxygen atoms in total. The third kappa shape index (κ3) is 11.0. The first-order valence-electron chi connectivity index (χ1n) is 17.1. The molecule has 0 saturated carbocycles. The normalized spacial score (nSPS) is 24.6. The van der Waals surface area contributed by atoms with Crippen LogP contribution in [0.15, 0.2) is 36.4 Å². The van der Waals surface area contributed by atoms with Gasteiger partial charge in [-0.15, -0.1) is 0 Å². The fourth-order valence-corrected chi connectivity index (χ4v) is 4.80. The largest absolute Gasteiger partial charge is 0.497 e. The number of hydrogen-bond donors (Lipinski definition) is 1. The maximum atomic E-state index is 13.6. The summed E-state index contributed by atoms with van der Waals surface area (Å²) in [4.78, 5) is 66.0. The molecule has 3 rings (SSSR count). The van der Waals surface area contributed by atoms with Gasteiger partial charge in [-0.05, 0) is 107 Å². The first-order chi connectivity index (χ1) is 23.3. The lowest BCUT2D eigenvalue weighted by Crippen LogP contribution is -2.67. The van der Waals surface area contributed by atoms with Crippen LogP contribution in [0.5, 0.6) is 5.75 Å². The Morgan fingerprint density at radius 1 is 0.706 bits per heavy atom. The standard InChI is InChI=1S/C38H55NO12/c1-35(2,3)31(41)46-20-24-27(49-32(42)36(4,5)6)28(50-33(43)37(7,8)9)29(51-34(44)38(10,11)12)30(48-24)39-26(23-18-19-25(40)47-23)21-14-16-22(45-13)17-15-21/h14-19,23-24,26-30,39H,20H2,1-13H3/t23-,24+,26+,27-,28-,29+,30+/m0/s1. The highest BCUT2D eigenvalue weighted by Gasteiger charge is 2.55. The third-order valence-electron chi connectivity index (χ3n) is 8.01. The summed E-state index contributed by atoms with van der Waals surface area (Å²) < 4.78 is 41.5. The van der Waals surface area contributed by atoms with Gasteiger partial charge >= 0.3 is 29.8 Å². The highest BCUT2D eigenvalue weighted by Crippen LogP contribution is 2.36. The lowest BCUT2D eigenvalue weighted by molar-refractivity contribution is -0.266. The Labute approximate surface area is 301 Å². The SMILES string of the molecule is COc1ccc([C@@H](N[C@@H]2O[C@H](COC(=O)C(C)(C)C)[C@H](OC(=O)C(C)(C)C)[C@H](OC(=O)C(C)(C)C)[C@H]2OC(=O)C(C)(C)C)[C@@H]2C=CC(=O)O2)cc1. The van der Waals surface area contributed by atoms with Gasteiger partial charge in [0, 0.05) is 6.08 Å². The van der Waals surface area contributed by atoms with Crippen LogP contribution in [-0.4, -0.2) is 80.3 Å². The van der Waals surface area contributed by atoms with Crippen LogP contribution in [0.4, 0.5) is 0 Å². The van der Waals surface area contributed by atoms with Gasteiger partial charge in [-0.25, -0.2) is 4.79 Å². The minimum Gasteiger partial charge on any atom is -0.497 e. The van der Waals surface area contributed by atoms with Crippen LogP contribution in [0.3, 0.4) is 0 Å². The number of rotatable bonds is 10. The number of methoxy groups -OCH3 is 1. The van der Waals surface area contributed by atoms with Crippen molar-refractivity contribution in [1.82, 2.24) is 5.32 Å². The summed E-state index contributed by atoms with van der Waals surface area (Å²) in [5.41, 5.74) is -3.29. The Balaban J connectivity index is 2.23. The molecule has 1 N–H and O–H groups in total. The van der Waals surface area contributed by atoms with Crippen molar-refractivity contribution in [2.24, 2.45) is 21.7 Å². The third-order valence-corrected chi connectivity index (χ3v) is 8.01. The summed E-state index contributed by atoms with van der Waals surface area (Å²) in [7, 11) is 1.53. The Hall–Kier alpha value is -3.97. The summed E-state index contributed by atoms with van der Waals surface area (Å²) in [5, 5.41) is 3.33. The summed E-state index contributed by atoms with van der Waals surface area (Å²) in [5.74, 6) is -2.52. The van der Waals surface area contributed by atoms with Crippen LogP contribution in [0.25, 0.3) is 0 Å². The Morgan fingerprint density at radius 2 is 1.18 bits per heavy atom. The van der Waals surface area contributed by atoms with Crippen LogP contribution in [-0.2, 0) is 52.4 Å². The topological polar surface area (TPSA) is 162 Å². The second kappa shape index (κ2) is 15.7. The summed E-state index contributed by atoms with van der Waals surface area (Å²) >= 11 is 0. The monoisotopic (exact) mass is 717 g/mol. The van der Waals surface area contributed by atoms with E-state index in [4.69, 9.17) is 33.2 Å². The van der Waals surface area contributed by atoms with Crippen LogP contribution in [0, 0.1) is 21.7 Å². The van der Waals surface area contributed by atoms with E-state index in [0.717, 1.165) is 0 Å². The Bertz CT molecular complexity index is 1460. The number of ether oxygens (including phenoxy) is 7. The molecule has 0 aromatic heterocycles. The molecule has 1 aromatic rings. The molecule has 1 fully saturated rings. The Kier molecular flexibility index (Phi) is 12.8. The van der Waals surface area contributed by atoms with E-state index in [2.05, 4.69) is 5.32 Å². The van der Waals surface area contributed by atoms with E-state index < -0.39 is 101 Å². The minimum atomic E-state index is -1.45. The molecule has 0 unspecified atom stereocenters. The molecule has 0 spiro atoms. The maximum Gasteiger partial charge on any atom is 0.331 e. The molecule has 2 aliphatic heterocycles. The summed E-state index contributed by atoms with van der Waals surface area (Å²) in [6.45, 7) is 19.5. The van der Waals surface area contributed by atoms with Gasteiger partial charge in [0.25, 0.3) is 0 Å². The minimum absolute atomic E-state index is 0.411. The van der Waals surface area contributed by atoms with Crippen molar-refractivity contribution in [1.29, 1.82) is 0 Å². The average Bonchev–Trinajstić information content (AvgIpc) is 3.44. The molecule has 51 heavy (non-hydrogen) atoms. The first-order valence-corrected chi connectivity index (χ1v) is 17.1. The van der Waals surface area contributed by atoms with Gasteiger partial charge in [0.2, 0.25) is 0 Å². The number of carbonyl (C=O) groups is 5. The first kappa shape index (κ1) is 41.5. The van der Waals surface area contributed by atoms with Crippen molar-refractivity contribution in [3.05, 3.63) is 42.0 Å². The average molecular weight is 718 g/mol. The van der Waals surface area contributed by atoms with Gasteiger partial charge in [-0.1, -0.05) is 12.1 Å². The van der Waals surface area contributed by atoms with Gasteiger partial charge < -0.3 is 33.2 Å². The van der Waals surface area contributed by atoms with Crippen LogP contribution in [0.1, 0.15) is 94.7 Å². The van der Waals surface area contributed by atoms with Gasteiger partial charge in [0.1, 0.15) is 24.6 Å². The van der Waals surface area contributed by atoms with Crippen LogP contribution in [0.2, 0.25) is 0 Å². The number of cyclic esters (lactones) is 1. The lowest BCUT2D eigenvalue weighted by atomic mass is 9.92. The van der Waals surface area contributed by atoms with E-state index in [1.807, 2.05) is 0 Å². The molecule has 7 atom stereocenters. The zero-order chi connectivity index (χ0) is 38.7. The fraction of sp³-hybridized carbons (Fsp3) is 0.658. The summed E-state index contributed by atoms with van der Waals surface area (Å²) in [6, 6.07) is 6.19. The maximum absolute atomic E-state index is 13.6. The van der Waals surface area contributed by atoms with E-state index in [9.17, 15) is 24.0 Å². The zero-order valence-electron chi connectivity index (χ0n) is 32.1. The van der Waals surface area contributed by atoms with E-state index in [1.54, 1.807) is 113 Å². The van der Waals surface area contributed by atoms with Crippen molar-refractivity contribution < 1.29 is 57.1 Å². The highest BCUT2D eigenvalue weighted by atomic mass is 16.7. The van der Waals surface area contributed by atoms with Gasteiger partial charge in [-0.2, -0.15) is 0 Å². The number of hydrogen-bond acceptors (Lipinski definition) is 13. The number of benzene rings is 1. The molecule has 1 aromatic carbocycles. The predicted molar refractivity (Wildman–Crippen MR) is 185 cm³/mol.